The number of aromatic nitrogens is 2. The molecule has 0 aliphatic carbocycles. The van der Waals surface area contributed by atoms with Crippen LogP contribution in [0, 0.1) is 0 Å². The van der Waals surface area contributed by atoms with E-state index in [2.05, 4.69) is 20.6 Å². The summed E-state index contributed by atoms with van der Waals surface area (Å²) in [6.07, 6.45) is 5.14. The molecule has 4 rings (SSSR count). The average molecular weight is 415 g/mol. The first-order valence-corrected chi connectivity index (χ1v) is 9.94. The Balaban J connectivity index is 0.00000193. The summed E-state index contributed by atoms with van der Waals surface area (Å²) < 4.78 is 5.97. The Hall–Kier alpha value is -4.19. The van der Waals surface area contributed by atoms with Gasteiger partial charge in [0.2, 0.25) is 5.88 Å². The zero-order valence-electron chi connectivity index (χ0n) is 16.9. The van der Waals surface area contributed by atoms with Gasteiger partial charge >= 0.3 is 6.03 Å². The zero-order valence-corrected chi connectivity index (χ0v) is 16.9. The van der Waals surface area contributed by atoms with Gasteiger partial charge in [-0.05, 0) is 47.0 Å². The summed E-state index contributed by atoms with van der Waals surface area (Å²) in [6, 6.07) is 24.9. The van der Waals surface area contributed by atoms with E-state index in [0.717, 1.165) is 22.3 Å². The van der Waals surface area contributed by atoms with Gasteiger partial charge in [-0.3, -0.25) is 4.98 Å². The van der Waals surface area contributed by atoms with Crippen LogP contribution in [0.3, 0.4) is 0 Å². The maximum Gasteiger partial charge on any atom is 0.319 e. The first-order valence-electron chi connectivity index (χ1n) is 9.94. The molecule has 4 aromatic rings. The molecule has 0 unspecified atom stereocenters. The van der Waals surface area contributed by atoms with Crippen molar-refractivity contribution in [2.45, 2.75) is 13.2 Å². The summed E-state index contributed by atoms with van der Waals surface area (Å²) in [5.41, 5.74) is 4.63. The van der Waals surface area contributed by atoms with Gasteiger partial charge in [-0.1, -0.05) is 48.5 Å². The van der Waals surface area contributed by atoms with E-state index >= 15 is 0 Å². The zero-order chi connectivity index (χ0) is 21.3. The maximum absolute atomic E-state index is 12.1. The van der Waals surface area contributed by atoms with Crippen LogP contribution in [0.25, 0.3) is 11.1 Å². The highest BCUT2D eigenvalue weighted by molar-refractivity contribution is 5.89. The van der Waals surface area contributed by atoms with Gasteiger partial charge in [0.05, 0.1) is 0 Å². The molecule has 2 aromatic heterocycles. The van der Waals surface area contributed by atoms with Crippen LogP contribution in [0.15, 0.2) is 97.5 Å². The first-order chi connectivity index (χ1) is 15.3. The van der Waals surface area contributed by atoms with Crippen molar-refractivity contribution in [1.82, 2.24) is 15.3 Å². The monoisotopic (exact) mass is 414 g/mol. The van der Waals surface area contributed by atoms with Gasteiger partial charge in [0, 0.05) is 39.2 Å². The fourth-order valence-electron chi connectivity index (χ4n) is 3.04. The molecule has 158 valence electrons. The minimum atomic E-state index is -0.270. The number of amides is 2. The normalized spacial score (nSPS) is 10.3. The summed E-state index contributed by atoms with van der Waals surface area (Å²) in [5.74, 6) is 0.589. The number of nitrogens with zero attached hydrogens (tertiary/aromatic N) is 2. The molecule has 0 aliphatic rings. The van der Waals surface area contributed by atoms with Gasteiger partial charge in [-0.15, -0.1) is 0 Å². The lowest BCUT2D eigenvalue weighted by atomic mass is 10.1. The van der Waals surface area contributed by atoms with Crippen molar-refractivity contribution in [3.63, 3.8) is 0 Å². The van der Waals surface area contributed by atoms with Crippen LogP contribution >= 0.6 is 0 Å². The fraction of sp³-hybridized carbons (Fsp3) is 0.0800. The molecule has 0 saturated heterocycles. The van der Waals surface area contributed by atoms with E-state index in [4.69, 9.17) is 4.74 Å². The van der Waals surface area contributed by atoms with Gasteiger partial charge in [-0.25, -0.2) is 9.78 Å². The van der Waals surface area contributed by atoms with Crippen molar-refractivity contribution in [1.29, 1.82) is 0 Å². The smallest absolute Gasteiger partial charge is 0.319 e. The lowest BCUT2D eigenvalue weighted by Gasteiger charge is -2.11. The molecule has 0 spiro atoms. The molecule has 0 saturated carbocycles. The second-order valence-electron chi connectivity index (χ2n) is 6.88. The molecule has 0 bridgehead atoms. The molecule has 0 atom stereocenters. The fourth-order valence-corrected chi connectivity index (χ4v) is 3.04. The number of urea groups is 1. The van der Waals surface area contributed by atoms with Gasteiger partial charge < -0.3 is 15.4 Å². The van der Waals surface area contributed by atoms with E-state index in [1.807, 2.05) is 78.9 Å². The Morgan fingerprint density at radius 2 is 1.68 bits per heavy atom. The van der Waals surface area contributed by atoms with Crippen molar-refractivity contribution in [2.24, 2.45) is 0 Å². The second kappa shape index (κ2) is 10.0. The lowest BCUT2D eigenvalue weighted by Crippen LogP contribution is -2.28. The maximum atomic E-state index is 12.1. The standard InChI is InChI=1S/C25H22N4O2.2H2/c30-25(28-17-20-6-4-14-26-16-20)29-22-12-10-19(11-13-22)18-31-24-23(9-5-15-27-24)21-7-2-1-3-8-21;;/h1-16H,17-18H2,(H2,28,29,30);2*1H. The van der Waals surface area contributed by atoms with Crippen molar-refractivity contribution in [3.05, 3.63) is 109 Å². The van der Waals surface area contributed by atoms with Gasteiger partial charge in [0.1, 0.15) is 6.61 Å². The van der Waals surface area contributed by atoms with Crippen LogP contribution < -0.4 is 15.4 Å². The highest BCUT2D eigenvalue weighted by Crippen LogP contribution is 2.28. The average Bonchev–Trinajstić information content (AvgIpc) is 2.84. The summed E-state index contributed by atoms with van der Waals surface area (Å²) in [4.78, 5) is 20.5. The topological polar surface area (TPSA) is 76.1 Å². The number of anilines is 1. The van der Waals surface area contributed by atoms with Crippen LogP contribution in [-0.2, 0) is 13.2 Å². The molecule has 31 heavy (non-hydrogen) atoms. The highest BCUT2D eigenvalue weighted by Gasteiger charge is 2.08. The SMILES string of the molecule is O=C(NCc1cccnc1)Nc1ccc(COc2ncccc2-c2ccccc2)cc1.[HH].[HH]. The summed E-state index contributed by atoms with van der Waals surface area (Å²) in [5, 5.41) is 5.63. The van der Waals surface area contributed by atoms with Gasteiger partial charge in [0.25, 0.3) is 0 Å². The van der Waals surface area contributed by atoms with Crippen LogP contribution in [-0.4, -0.2) is 16.0 Å². The molecule has 0 radical (unpaired) electrons. The Bertz CT molecular complexity index is 1130. The minimum Gasteiger partial charge on any atom is -0.472 e. The van der Waals surface area contributed by atoms with E-state index in [9.17, 15) is 4.79 Å². The predicted molar refractivity (Wildman–Crippen MR) is 125 cm³/mol. The second-order valence-corrected chi connectivity index (χ2v) is 6.88. The third-order valence-corrected chi connectivity index (χ3v) is 4.62. The Labute approximate surface area is 183 Å². The van der Waals surface area contributed by atoms with Crippen LogP contribution in [0.4, 0.5) is 10.5 Å². The predicted octanol–water partition coefficient (Wildman–Crippen LogP) is 5.54. The Morgan fingerprint density at radius 1 is 0.871 bits per heavy atom. The summed E-state index contributed by atoms with van der Waals surface area (Å²) in [7, 11) is 0. The largest absolute Gasteiger partial charge is 0.472 e. The highest BCUT2D eigenvalue weighted by atomic mass is 16.5. The van der Waals surface area contributed by atoms with Gasteiger partial charge in [-0.2, -0.15) is 0 Å². The van der Waals surface area contributed by atoms with Crippen molar-refractivity contribution < 1.29 is 12.4 Å². The first kappa shape index (κ1) is 20.1. The van der Waals surface area contributed by atoms with Crippen molar-refractivity contribution in [3.8, 4) is 17.0 Å². The third-order valence-electron chi connectivity index (χ3n) is 4.62. The lowest BCUT2D eigenvalue weighted by molar-refractivity contribution is 0.251. The van der Waals surface area contributed by atoms with Crippen LogP contribution in [0.5, 0.6) is 5.88 Å². The third kappa shape index (κ3) is 5.67. The molecule has 6 nitrogen and oxygen atoms in total. The minimum absolute atomic E-state index is 0. The van der Waals surface area contributed by atoms with E-state index < -0.39 is 0 Å². The molecular weight excluding hydrogens is 388 g/mol. The molecule has 6 heteroatoms. The van der Waals surface area contributed by atoms with Crippen LogP contribution in [0.2, 0.25) is 0 Å². The molecule has 2 amide bonds. The molecule has 2 heterocycles. The van der Waals surface area contributed by atoms with Crippen LogP contribution in [0.1, 0.15) is 14.0 Å². The number of nitrogens with one attached hydrogen (secondary N) is 2. The molecular formula is C25H26N4O2. The molecule has 0 fully saturated rings. The van der Waals surface area contributed by atoms with E-state index in [1.165, 1.54) is 0 Å². The molecule has 0 aliphatic heterocycles. The number of hydrogen-bond donors (Lipinski definition) is 2. The Kier molecular flexibility index (Phi) is 6.50. The number of hydrogen-bond acceptors (Lipinski definition) is 4. The number of carbonyl (C=O) groups is 1. The molecule has 2 aromatic carbocycles. The van der Waals surface area contributed by atoms with E-state index in [-0.39, 0.29) is 8.88 Å². The number of pyridine rings is 2. The number of ether oxygens (including phenoxy) is 1. The summed E-state index contributed by atoms with van der Waals surface area (Å²) >= 11 is 0. The van der Waals surface area contributed by atoms with Gasteiger partial charge in [0.15, 0.2) is 0 Å². The number of carbonyl (C=O) groups excluding carboxylic acids is 1. The van der Waals surface area contributed by atoms with Crippen molar-refractivity contribution in [2.75, 3.05) is 5.32 Å². The van der Waals surface area contributed by atoms with Crippen molar-refractivity contribution >= 4 is 11.7 Å². The molecule has 2 N–H and O–H groups in total. The van der Waals surface area contributed by atoms with E-state index in [1.54, 1.807) is 18.6 Å². The van der Waals surface area contributed by atoms with E-state index in [0.29, 0.717) is 24.7 Å². The quantitative estimate of drug-likeness (QED) is 0.416. The number of rotatable bonds is 7. The summed E-state index contributed by atoms with van der Waals surface area (Å²) in [6.45, 7) is 0.795. The Morgan fingerprint density at radius 3 is 2.45 bits per heavy atom. The number of benzene rings is 2.